The molecule has 4 aromatic rings. The average molecular weight is 543 g/mol. The lowest BCUT2D eigenvalue weighted by molar-refractivity contribution is 0.0696. The summed E-state index contributed by atoms with van der Waals surface area (Å²) < 4.78 is 32.3. The number of ether oxygens (including phenoxy) is 2. The molecule has 0 spiro atoms. The lowest BCUT2D eigenvalue weighted by atomic mass is 9.99. The van der Waals surface area contributed by atoms with Gasteiger partial charge in [-0.15, -0.1) is 0 Å². The van der Waals surface area contributed by atoms with E-state index in [4.69, 9.17) is 37.2 Å². The van der Waals surface area contributed by atoms with Crippen LogP contribution in [0.15, 0.2) is 53.1 Å². The summed E-state index contributed by atoms with van der Waals surface area (Å²) in [5.74, 6) is 0.253. The molecule has 2 aromatic heterocycles. The molecule has 5 rings (SSSR count). The van der Waals surface area contributed by atoms with E-state index in [-0.39, 0.29) is 17.9 Å². The second-order valence-corrected chi connectivity index (χ2v) is 9.84. The predicted molar refractivity (Wildman–Crippen MR) is 136 cm³/mol. The van der Waals surface area contributed by atoms with E-state index in [9.17, 15) is 14.3 Å². The van der Waals surface area contributed by atoms with Gasteiger partial charge in [0, 0.05) is 11.6 Å². The Morgan fingerprint density at radius 2 is 1.86 bits per heavy atom. The second kappa shape index (κ2) is 9.68. The minimum absolute atomic E-state index is 0.00117. The normalized spacial score (nSPS) is 12.8. The van der Waals surface area contributed by atoms with Gasteiger partial charge in [-0.1, -0.05) is 40.5 Å². The summed E-state index contributed by atoms with van der Waals surface area (Å²) in [4.78, 5) is 15.9. The zero-order valence-electron chi connectivity index (χ0n) is 19.8. The fraction of sp³-hybridized carbons (Fsp3) is 0.222. The first-order valence-electron chi connectivity index (χ1n) is 11.4. The smallest absolute Gasteiger partial charge is 0.335 e. The van der Waals surface area contributed by atoms with Crippen LogP contribution in [0.1, 0.15) is 46.8 Å². The van der Waals surface area contributed by atoms with Crippen molar-refractivity contribution in [2.75, 3.05) is 0 Å². The van der Waals surface area contributed by atoms with E-state index in [1.807, 2.05) is 0 Å². The lowest BCUT2D eigenvalue weighted by Gasteiger charge is -2.14. The van der Waals surface area contributed by atoms with Gasteiger partial charge >= 0.3 is 5.97 Å². The van der Waals surface area contributed by atoms with E-state index in [1.165, 1.54) is 19.9 Å². The van der Waals surface area contributed by atoms with E-state index in [0.717, 1.165) is 5.56 Å². The summed E-state index contributed by atoms with van der Waals surface area (Å²) in [6, 6.07) is 13.2. The van der Waals surface area contributed by atoms with Gasteiger partial charge in [0.25, 0.3) is 0 Å². The first-order valence-corrected chi connectivity index (χ1v) is 12.2. The van der Waals surface area contributed by atoms with Crippen LogP contribution in [0.25, 0.3) is 11.3 Å². The van der Waals surface area contributed by atoms with Crippen molar-refractivity contribution in [3.8, 4) is 28.6 Å². The van der Waals surface area contributed by atoms with Crippen molar-refractivity contribution in [3.05, 3.63) is 86.7 Å². The Labute approximate surface area is 221 Å². The fourth-order valence-corrected chi connectivity index (χ4v) is 4.74. The van der Waals surface area contributed by atoms with Gasteiger partial charge in [0.1, 0.15) is 23.8 Å². The highest BCUT2D eigenvalue weighted by Gasteiger charge is 2.32. The number of alkyl halides is 1. The highest BCUT2D eigenvalue weighted by Crippen LogP contribution is 2.41. The third-order valence-corrected chi connectivity index (χ3v) is 6.59. The largest absolute Gasteiger partial charge is 0.478 e. The van der Waals surface area contributed by atoms with Gasteiger partial charge in [-0.2, -0.15) is 0 Å². The molecule has 0 atom stereocenters. The van der Waals surface area contributed by atoms with Crippen molar-refractivity contribution < 1.29 is 28.3 Å². The summed E-state index contributed by atoms with van der Waals surface area (Å²) in [5, 5.41) is 14.0. The Kier molecular flexibility index (Phi) is 6.56. The number of carboxylic acid groups (broad SMARTS) is 1. The van der Waals surface area contributed by atoms with Crippen LogP contribution >= 0.6 is 23.2 Å². The number of halogens is 3. The number of carboxylic acids is 1. The van der Waals surface area contributed by atoms with E-state index in [2.05, 4.69) is 10.1 Å². The average Bonchev–Trinajstić information content (AvgIpc) is 3.17. The molecule has 0 fully saturated rings. The van der Waals surface area contributed by atoms with E-state index >= 15 is 0 Å². The predicted octanol–water partition coefficient (Wildman–Crippen LogP) is 7.42. The minimum Gasteiger partial charge on any atom is -0.478 e. The Balaban J connectivity index is 1.44. The van der Waals surface area contributed by atoms with Crippen molar-refractivity contribution in [2.24, 2.45) is 0 Å². The number of nitrogens with zero attached hydrogens (tertiary/aromatic N) is 2. The second-order valence-electron chi connectivity index (χ2n) is 9.02. The van der Waals surface area contributed by atoms with Crippen LogP contribution in [-0.4, -0.2) is 21.2 Å². The lowest BCUT2D eigenvalue weighted by Crippen LogP contribution is -2.12. The molecule has 1 aliphatic heterocycles. The van der Waals surface area contributed by atoms with Gasteiger partial charge in [-0.25, -0.2) is 14.2 Å². The minimum atomic E-state index is -1.84. The Morgan fingerprint density at radius 1 is 1.11 bits per heavy atom. The fourth-order valence-electron chi connectivity index (χ4n) is 4.16. The molecule has 10 heteroatoms. The van der Waals surface area contributed by atoms with Crippen molar-refractivity contribution in [1.29, 1.82) is 0 Å². The monoisotopic (exact) mass is 542 g/mol. The van der Waals surface area contributed by atoms with Crippen molar-refractivity contribution in [1.82, 2.24) is 10.1 Å². The number of aromatic carboxylic acids is 1. The van der Waals surface area contributed by atoms with Crippen LogP contribution in [0.2, 0.25) is 10.0 Å². The molecule has 0 unspecified atom stereocenters. The number of fused-ring (bicyclic) bond motifs is 2. The van der Waals surface area contributed by atoms with E-state index in [1.54, 1.807) is 42.5 Å². The zero-order chi connectivity index (χ0) is 26.3. The van der Waals surface area contributed by atoms with Crippen LogP contribution in [0.4, 0.5) is 4.39 Å². The zero-order valence-corrected chi connectivity index (χ0v) is 21.4. The van der Waals surface area contributed by atoms with Crippen LogP contribution in [0, 0.1) is 0 Å². The van der Waals surface area contributed by atoms with Crippen molar-refractivity contribution >= 4 is 29.2 Å². The molecule has 0 aliphatic carbocycles. The maximum atomic E-state index is 15.0. The Morgan fingerprint density at radius 3 is 2.57 bits per heavy atom. The first-order chi connectivity index (χ1) is 17.6. The number of aromatic nitrogens is 2. The van der Waals surface area contributed by atoms with Gasteiger partial charge in [0.05, 0.1) is 26.9 Å². The molecule has 2 aromatic carbocycles. The molecule has 0 amide bonds. The van der Waals surface area contributed by atoms with Gasteiger partial charge < -0.3 is 19.1 Å². The molecular weight excluding hydrogens is 522 g/mol. The Hall–Kier alpha value is -3.62. The number of rotatable bonds is 6. The van der Waals surface area contributed by atoms with Crippen LogP contribution in [-0.2, 0) is 25.1 Å². The molecule has 37 heavy (non-hydrogen) atoms. The molecule has 0 bridgehead atoms. The standard InChI is InChI=1S/C27H21Cl2FN2O5/c1-27(2,30)25-16(24(32-37-25)23-17(28)4-3-5-18(23)29)13-35-22-11-10-20-19(31-22)9-8-14-6-7-15(26(33)34)12-21(14)36-20/h3-7,10-12H,8-9,13H2,1-2H3,(H,33,34). The maximum Gasteiger partial charge on any atom is 0.335 e. The molecule has 190 valence electrons. The van der Waals surface area contributed by atoms with Gasteiger partial charge in [0.15, 0.2) is 11.4 Å². The molecule has 7 nitrogen and oxygen atoms in total. The van der Waals surface area contributed by atoms with Crippen LogP contribution in [0.3, 0.4) is 0 Å². The molecular formula is C27H21Cl2FN2O5. The summed E-state index contributed by atoms with van der Waals surface area (Å²) in [7, 11) is 0. The molecule has 0 saturated heterocycles. The SMILES string of the molecule is CC(C)(F)c1onc(-c2c(Cl)cccc2Cl)c1COc1ccc2c(n1)CCc1ccc(C(=O)O)cc1O2. The highest BCUT2D eigenvalue weighted by molar-refractivity contribution is 6.39. The van der Waals surface area contributed by atoms with Gasteiger partial charge in [-0.05, 0) is 62.6 Å². The third-order valence-electron chi connectivity index (χ3n) is 5.96. The summed E-state index contributed by atoms with van der Waals surface area (Å²) in [5.41, 5.74) is 0.911. The number of pyridine rings is 1. The van der Waals surface area contributed by atoms with E-state index < -0.39 is 11.6 Å². The summed E-state index contributed by atoms with van der Waals surface area (Å²) in [6.45, 7) is 2.62. The Bertz CT molecular complexity index is 1490. The number of carbonyl (C=O) groups is 1. The summed E-state index contributed by atoms with van der Waals surface area (Å²) >= 11 is 12.8. The molecule has 3 heterocycles. The third kappa shape index (κ3) is 4.99. The molecule has 1 aliphatic rings. The maximum absolute atomic E-state index is 15.0. The number of aryl methyl sites for hydroxylation is 2. The number of benzene rings is 2. The van der Waals surface area contributed by atoms with Crippen LogP contribution < -0.4 is 9.47 Å². The number of hydrogen-bond acceptors (Lipinski definition) is 6. The van der Waals surface area contributed by atoms with Crippen molar-refractivity contribution in [2.45, 2.75) is 39.0 Å². The summed E-state index contributed by atoms with van der Waals surface area (Å²) in [6.07, 6.45) is 1.17. The van der Waals surface area contributed by atoms with Crippen LogP contribution in [0.5, 0.6) is 17.4 Å². The van der Waals surface area contributed by atoms with E-state index in [0.29, 0.717) is 62.8 Å². The molecule has 0 radical (unpaired) electrons. The molecule has 1 N–H and O–H groups in total. The van der Waals surface area contributed by atoms with Gasteiger partial charge in [0.2, 0.25) is 5.88 Å². The highest BCUT2D eigenvalue weighted by atomic mass is 35.5. The first kappa shape index (κ1) is 25.0. The van der Waals surface area contributed by atoms with Gasteiger partial charge in [-0.3, -0.25) is 0 Å². The van der Waals surface area contributed by atoms with Crippen molar-refractivity contribution in [3.63, 3.8) is 0 Å². The quantitative estimate of drug-likeness (QED) is 0.271. The molecule has 0 saturated carbocycles. The number of hydrogen-bond donors (Lipinski definition) is 1. The topological polar surface area (TPSA) is 94.7 Å².